The van der Waals surface area contributed by atoms with Gasteiger partial charge in [-0.15, -0.1) is 0 Å². The van der Waals surface area contributed by atoms with Gasteiger partial charge in [-0.25, -0.2) is 4.39 Å². The van der Waals surface area contributed by atoms with E-state index in [1.807, 2.05) is 38.2 Å². The highest BCUT2D eigenvalue weighted by Gasteiger charge is 2.10. The quantitative estimate of drug-likeness (QED) is 0.630. The number of carbonyl (C=O) groups excluding carboxylic acids is 1. The van der Waals surface area contributed by atoms with E-state index in [4.69, 9.17) is 9.47 Å². The second-order valence-electron chi connectivity index (χ2n) is 6.04. The predicted octanol–water partition coefficient (Wildman–Crippen LogP) is 1.43. The SMILES string of the molecule is CCOc1ccc(OCCNC(=O)C[NH+](C)Cc2ccc(F)cc2)cc1. The third-order valence-corrected chi connectivity index (χ3v) is 3.71. The number of ether oxygens (including phenoxy) is 2. The number of halogens is 1. The molecule has 0 spiro atoms. The summed E-state index contributed by atoms with van der Waals surface area (Å²) in [4.78, 5) is 13.0. The van der Waals surface area contributed by atoms with Crippen LogP contribution >= 0.6 is 0 Å². The van der Waals surface area contributed by atoms with Crippen LogP contribution in [0.2, 0.25) is 0 Å². The fraction of sp³-hybridized carbons (Fsp3) is 0.350. The minimum Gasteiger partial charge on any atom is -0.494 e. The van der Waals surface area contributed by atoms with Gasteiger partial charge in [0.05, 0.1) is 20.2 Å². The fourth-order valence-electron chi connectivity index (χ4n) is 2.51. The maximum Gasteiger partial charge on any atom is 0.275 e. The van der Waals surface area contributed by atoms with Crippen LogP contribution in [0.4, 0.5) is 4.39 Å². The highest BCUT2D eigenvalue weighted by atomic mass is 19.1. The summed E-state index contributed by atoms with van der Waals surface area (Å²) >= 11 is 0. The maximum absolute atomic E-state index is 12.9. The molecule has 0 radical (unpaired) electrons. The molecule has 0 aromatic heterocycles. The molecule has 6 heteroatoms. The zero-order chi connectivity index (χ0) is 18.8. The number of amides is 1. The summed E-state index contributed by atoms with van der Waals surface area (Å²) < 4.78 is 23.9. The van der Waals surface area contributed by atoms with E-state index in [0.29, 0.717) is 32.8 Å². The number of rotatable bonds is 10. The van der Waals surface area contributed by atoms with Crippen molar-refractivity contribution >= 4 is 5.91 Å². The van der Waals surface area contributed by atoms with Crippen LogP contribution in [0.5, 0.6) is 11.5 Å². The zero-order valence-electron chi connectivity index (χ0n) is 15.3. The normalized spacial score (nSPS) is 11.7. The molecule has 0 heterocycles. The number of hydrogen-bond acceptors (Lipinski definition) is 3. The van der Waals surface area contributed by atoms with Crippen molar-refractivity contribution in [3.05, 3.63) is 59.9 Å². The number of quaternary nitrogens is 1. The number of benzene rings is 2. The molecule has 5 nitrogen and oxygen atoms in total. The van der Waals surface area contributed by atoms with Gasteiger partial charge in [-0.1, -0.05) is 12.1 Å². The summed E-state index contributed by atoms with van der Waals surface area (Å²) in [7, 11) is 1.93. The van der Waals surface area contributed by atoms with Crippen molar-refractivity contribution in [3.8, 4) is 11.5 Å². The minimum atomic E-state index is -0.253. The molecule has 0 saturated heterocycles. The number of nitrogens with one attached hydrogen (secondary N) is 2. The maximum atomic E-state index is 12.9. The highest BCUT2D eigenvalue weighted by Crippen LogP contribution is 2.17. The van der Waals surface area contributed by atoms with Gasteiger partial charge < -0.3 is 19.7 Å². The molecule has 1 unspecified atom stereocenters. The molecule has 0 aliphatic rings. The first-order valence-electron chi connectivity index (χ1n) is 8.75. The van der Waals surface area contributed by atoms with E-state index in [2.05, 4.69) is 5.32 Å². The summed E-state index contributed by atoms with van der Waals surface area (Å²) in [5.41, 5.74) is 0.996. The molecule has 0 saturated carbocycles. The van der Waals surface area contributed by atoms with Crippen LogP contribution < -0.4 is 19.7 Å². The monoisotopic (exact) mass is 361 g/mol. The average Bonchev–Trinajstić information content (AvgIpc) is 2.62. The first kappa shape index (κ1) is 19.7. The Morgan fingerprint density at radius 1 is 1.04 bits per heavy atom. The fourth-order valence-corrected chi connectivity index (χ4v) is 2.51. The van der Waals surface area contributed by atoms with Gasteiger partial charge in [-0.3, -0.25) is 4.79 Å². The Hall–Kier alpha value is -2.60. The van der Waals surface area contributed by atoms with Gasteiger partial charge in [0.2, 0.25) is 0 Å². The van der Waals surface area contributed by atoms with E-state index in [9.17, 15) is 9.18 Å². The molecule has 0 bridgehead atoms. The average molecular weight is 361 g/mol. The van der Waals surface area contributed by atoms with Gasteiger partial charge in [0.1, 0.15) is 30.5 Å². The predicted molar refractivity (Wildman–Crippen MR) is 98.0 cm³/mol. The van der Waals surface area contributed by atoms with Crippen LogP contribution in [0.25, 0.3) is 0 Å². The molecule has 2 aromatic carbocycles. The molecular formula is C20H26FN2O3+. The van der Waals surface area contributed by atoms with Gasteiger partial charge >= 0.3 is 0 Å². The lowest BCUT2D eigenvalue weighted by Gasteiger charge is -2.14. The summed E-state index contributed by atoms with van der Waals surface area (Å²) in [6.45, 7) is 4.42. The van der Waals surface area contributed by atoms with Crippen LogP contribution in [0.3, 0.4) is 0 Å². The van der Waals surface area contributed by atoms with Crippen molar-refractivity contribution < 1.29 is 23.6 Å². The van der Waals surface area contributed by atoms with Crippen molar-refractivity contribution in [2.45, 2.75) is 13.5 Å². The van der Waals surface area contributed by atoms with Gasteiger partial charge in [-0.05, 0) is 43.3 Å². The third-order valence-electron chi connectivity index (χ3n) is 3.71. The van der Waals surface area contributed by atoms with Gasteiger partial charge in [0.25, 0.3) is 5.91 Å². The summed E-state index contributed by atoms with van der Waals surface area (Å²) in [6, 6.07) is 13.7. The van der Waals surface area contributed by atoms with Crippen molar-refractivity contribution in [1.82, 2.24) is 5.32 Å². The van der Waals surface area contributed by atoms with Gasteiger partial charge in [0, 0.05) is 5.56 Å². The van der Waals surface area contributed by atoms with E-state index < -0.39 is 0 Å². The highest BCUT2D eigenvalue weighted by molar-refractivity contribution is 5.76. The lowest BCUT2D eigenvalue weighted by Crippen LogP contribution is -3.08. The minimum absolute atomic E-state index is 0.0418. The molecule has 140 valence electrons. The molecule has 2 N–H and O–H groups in total. The van der Waals surface area contributed by atoms with Crippen LogP contribution in [0.15, 0.2) is 48.5 Å². The summed E-state index contributed by atoms with van der Waals surface area (Å²) in [5, 5.41) is 2.84. The number of likely N-dealkylation sites (N-methyl/N-ethyl adjacent to an activating group) is 1. The Balaban J connectivity index is 1.62. The standard InChI is InChI=1S/C20H25FN2O3/c1-3-25-18-8-10-19(11-9-18)26-13-12-22-20(24)15-23(2)14-16-4-6-17(21)7-5-16/h4-11H,3,12-15H2,1-2H3,(H,22,24)/p+1. The van der Waals surface area contributed by atoms with Crippen molar-refractivity contribution in [3.63, 3.8) is 0 Å². The molecule has 1 amide bonds. The van der Waals surface area contributed by atoms with E-state index >= 15 is 0 Å². The number of carbonyl (C=O) groups is 1. The number of hydrogen-bond donors (Lipinski definition) is 2. The molecule has 26 heavy (non-hydrogen) atoms. The summed E-state index contributed by atoms with van der Waals surface area (Å²) in [6.07, 6.45) is 0. The Morgan fingerprint density at radius 3 is 2.27 bits per heavy atom. The molecule has 0 fully saturated rings. The third kappa shape index (κ3) is 7.11. The summed E-state index contributed by atoms with van der Waals surface area (Å²) in [5.74, 6) is 1.25. The zero-order valence-corrected chi connectivity index (χ0v) is 15.3. The lowest BCUT2D eigenvalue weighted by molar-refractivity contribution is -0.885. The Labute approximate surface area is 153 Å². The molecule has 0 aliphatic carbocycles. The molecule has 1 atom stereocenters. The van der Waals surface area contributed by atoms with Crippen LogP contribution in [-0.4, -0.2) is 39.3 Å². The van der Waals surface area contributed by atoms with Crippen molar-refractivity contribution in [2.75, 3.05) is 33.4 Å². The van der Waals surface area contributed by atoms with Crippen molar-refractivity contribution in [2.24, 2.45) is 0 Å². The first-order valence-corrected chi connectivity index (χ1v) is 8.75. The molecule has 2 aromatic rings. The van der Waals surface area contributed by atoms with Gasteiger partial charge in [0.15, 0.2) is 6.54 Å². The van der Waals surface area contributed by atoms with Crippen LogP contribution in [0.1, 0.15) is 12.5 Å². The largest absolute Gasteiger partial charge is 0.494 e. The van der Waals surface area contributed by atoms with E-state index in [-0.39, 0.29) is 11.7 Å². The van der Waals surface area contributed by atoms with E-state index in [1.54, 1.807) is 12.1 Å². The molecule has 2 rings (SSSR count). The van der Waals surface area contributed by atoms with Crippen LogP contribution in [0, 0.1) is 5.82 Å². The Kier molecular flexibility index (Phi) is 7.89. The smallest absolute Gasteiger partial charge is 0.275 e. The van der Waals surface area contributed by atoms with Crippen LogP contribution in [-0.2, 0) is 11.3 Å². The lowest BCUT2D eigenvalue weighted by atomic mass is 10.2. The van der Waals surface area contributed by atoms with E-state index in [0.717, 1.165) is 22.0 Å². The van der Waals surface area contributed by atoms with Crippen molar-refractivity contribution in [1.29, 1.82) is 0 Å². The molecular weight excluding hydrogens is 335 g/mol. The van der Waals surface area contributed by atoms with Gasteiger partial charge in [-0.2, -0.15) is 0 Å². The molecule has 0 aliphatic heterocycles. The van der Waals surface area contributed by atoms with E-state index in [1.165, 1.54) is 12.1 Å². The second-order valence-corrected chi connectivity index (χ2v) is 6.04. The second kappa shape index (κ2) is 10.4. The topological polar surface area (TPSA) is 52.0 Å². The Bertz CT molecular complexity index is 674. The first-order chi connectivity index (χ1) is 12.6. The Morgan fingerprint density at radius 2 is 1.65 bits per heavy atom.